The molecule has 0 spiro atoms. The minimum Gasteiger partial charge on any atom is -0.493 e. The summed E-state index contributed by atoms with van der Waals surface area (Å²) in [6.07, 6.45) is 2.62. The van der Waals surface area contributed by atoms with Crippen LogP contribution in [0.3, 0.4) is 0 Å². The number of benzene rings is 2. The second-order valence-corrected chi connectivity index (χ2v) is 8.52. The minimum atomic E-state index is -1.09. The standard InChI is InChI=1S/C24H27NO5S/c1-4-6-18-21(10-8-17(15(3)26)22(18)25)31-12-5-11-29-19-9-7-16-13-20(24(27)28)30-23(16)14(19)2/h7-10,13H,4-6,11-12,25H2,1-3H3,(H,27,28). The third kappa shape index (κ3) is 5.05. The van der Waals surface area contributed by atoms with Crippen LogP contribution in [-0.4, -0.2) is 29.2 Å². The van der Waals surface area contributed by atoms with Crippen LogP contribution in [0.1, 0.15) is 58.7 Å². The molecule has 0 aliphatic heterocycles. The number of anilines is 1. The molecule has 3 aromatic rings. The predicted octanol–water partition coefficient (Wildman–Crippen LogP) is 5.74. The van der Waals surface area contributed by atoms with Gasteiger partial charge in [-0.2, -0.15) is 0 Å². The van der Waals surface area contributed by atoms with E-state index in [0.29, 0.717) is 29.2 Å². The molecule has 1 aromatic heterocycles. The largest absolute Gasteiger partial charge is 0.493 e. The fraction of sp³-hybridized carbons (Fsp3) is 0.333. The maximum atomic E-state index is 11.8. The average molecular weight is 442 g/mol. The topological polar surface area (TPSA) is 103 Å². The number of carboxylic acid groups (broad SMARTS) is 1. The maximum absolute atomic E-state index is 11.8. The summed E-state index contributed by atoms with van der Waals surface area (Å²) >= 11 is 1.71. The van der Waals surface area contributed by atoms with Crippen molar-refractivity contribution in [3.8, 4) is 5.75 Å². The lowest BCUT2D eigenvalue weighted by molar-refractivity contribution is 0.0664. The first-order chi connectivity index (χ1) is 14.8. The highest BCUT2D eigenvalue weighted by atomic mass is 32.2. The van der Waals surface area contributed by atoms with Crippen molar-refractivity contribution in [3.63, 3.8) is 0 Å². The zero-order valence-corrected chi connectivity index (χ0v) is 18.8. The molecule has 31 heavy (non-hydrogen) atoms. The van der Waals surface area contributed by atoms with Gasteiger partial charge in [0.05, 0.1) is 6.61 Å². The summed E-state index contributed by atoms with van der Waals surface area (Å²) in [5.41, 5.74) is 9.81. The highest BCUT2D eigenvalue weighted by molar-refractivity contribution is 7.99. The quantitative estimate of drug-likeness (QED) is 0.179. The van der Waals surface area contributed by atoms with Crippen molar-refractivity contribution in [2.45, 2.75) is 44.9 Å². The van der Waals surface area contributed by atoms with Gasteiger partial charge in [-0.05, 0) is 62.6 Å². The second kappa shape index (κ2) is 9.92. The van der Waals surface area contributed by atoms with E-state index in [1.54, 1.807) is 17.8 Å². The van der Waals surface area contributed by atoms with E-state index in [0.717, 1.165) is 46.4 Å². The Hall–Kier alpha value is -2.93. The fourth-order valence-electron chi connectivity index (χ4n) is 3.50. The van der Waals surface area contributed by atoms with E-state index < -0.39 is 5.97 Å². The Morgan fingerprint density at radius 2 is 2.00 bits per heavy atom. The fourth-order valence-corrected chi connectivity index (χ4v) is 4.54. The number of carbonyl (C=O) groups is 2. The Kier molecular flexibility index (Phi) is 7.28. The summed E-state index contributed by atoms with van der Waals surface area (Å²) in [5, 5.41) is 9.84. The Bertz CT molecular complexity index is 1120. The number of thioether (sulfide) groups is 1. The highest BCUT2D eigenvalue weighted by Gasteiger charge is 2.15. The summed E-state index contributed by atoms with van der Waals surface area (Å²) in [7, 11) is 0. The van der Waals surface area contributed by atoms with Gasteiger partial charge >= 0.3 is 5.97 Å². The number of ether oxygens (including phenoxy) is 1. The normalized spacial score (nSPS) is 11.1. The van der Waals surface area contributed by atoms with Gasteiger partial charge in [0.25, 0.3) is 0 Å². The van der Waals surface area contributed by atoms with Gasteiger partial charge in [0.1, 0.15) is 11.3 Å². The SMILES string of the molecule is CCCc1c(SCCCOc2ccc3cc(C(=O)O)oc3c2C)ccc(C(C)=O)c1N. The Balaban J connectivity index is 1.60. The number of carbonyl (C=O) groups excluding carboxylic acids is 1. The molecule has 0 saturated carbocycles. The average Bonchev–Trinajstić information content (AvgIpc) is 3.17. The number of ketones is 1. The second-order valence-electron chi connectivity index (χ2n) is 7.38. The summed E-state index contributed by atoms with van der Waals surface area (Å²) in [4.78, 5) is 24.0. The zero-order valence-electron chi connectivity index (χ0n) is 18.0. The molecule has 0 aliphatic rings. The molecule has 2 aromatic carbocycles. The molecule has 1 heterocycles. The number of hydrogen-bond acceptors (Lipinski definition) is 6. The first kappa shape index (κ1) is 22.7. The molecule has 0 amide bonds. The smallest absolute Gasteiger partial charge is 0.371 e. The van der Waals surface area contributed by atoms with E-state index in [4.69, 9.17) is 20.0 Å². The zero-order chi connectivity index (χ0) is 22.5. The van der Waals surface area contributed by atoms with Crippen molar-refractivity contribution in [2.24, 2.45) is 0 Å². The Morgan fingerprint density at radius 1 is 1.23 bits per heavy atom. The van der Waals surface area contributed by atoms with Gasteiger partial charge in [-0.25, -0.2) is 4.79 Å². The molecule has 3 rings (SSSR count). The van der Waals surface area contributed by atoms with Crippen molar-refractivity contribution in [3.05, 3.63) is 52.8 Å². The summed E-state index contributed by atoms with van der Waals surface area (Å²) < 4.78 is 11.4. The lowest BCUT2D eigenvalue weighted by atomic mass is 10.0. The highest BCUT2D eigenvalue weighted by Crippen LogP contribution is 2.32. The molecular formula is C24H27NO5S. The number of Topliss-reactive ketones (excluding diaryl/α,β-unsaturated/α-hetero) is 1. The van der Waals surface area contributed by atoms with Crippen LogP contribution in [0.25, 0.3) is 11.0 Å². The molecule has 0 atom stereocenters. The van der Waals surface area contributed by atoms with E-state index in [9.17, 15) is 9.59 Å². The molecule has 0 radical (unpaired) electrons. The van der Waals surface area contributed by atoms with Crippen LogP contribution in [0, 0.1) is 6.92 Å². The Morgan fingerprint density at radius 3 is 2.68 bits per heavy atom. The molecule has 7 heteroatoms. The molecule has 3 N–H and O–H groups in total. The van der Waals surface area contributed by atoms with Crippen molar-refractivity contribution in [2.75, 3.05) is 18.1 Å². The molecule has 0 aliphatic carbocycles. The predicted molar refractivity (Wildman–Crippen MR) is 124 cm³/mol. The number of nitrogen functional groups attached to an aromatic ring is 1. The summed E-state index contributed by atoms with van der Waals surface area (Å²) in [6.45, 7) is 6.02. The summed E-state index contributed by atoms with van der Waals surface area (Å²) in [5.74, 6) is 0.352. The van der Waals surface area contributed by atoms with Gasteiger partial charge in [-0.1, -0.05) is 13.3 Å². The lowest BCUT2D eigenvalue weighted by Crippen LogP contribution is -2.05. The number of rotatable bonds is 10. The van der Waals surface area contributed by atoms with E-state index in [-0.39, 0.29) is 11.5 Å². The third-order valence-corrected chi connectivity index (χ3v) is 6.28. The van der Waals surface area contributed by atoms with Crippen LogP contribution in [0.15, 0.2) is 39.6 Å². The Labute approximate surface area is 185 Å². The van der Waals surface area contributed by atoms with Crippen LogP contribution in [0.2, 0.25) is 0 Å². The van der Waals surface area contributed by atoms with Gasteiger partial charge in [-0.15, -0.1) is 11.8 Å². The monoisotopic (exact) mass is 441 g/mol. The molecule has 0 fully saturated rings. The van der Waals surface area contributed by atoms with Gasteiger partial charge in [0, 0.05) is 32.8 Å². The van der Waals surface area contributed by atoms with E-state index in [2.05, 4.69) is 6.92 Å². The first-order valence-electron chi connectivity index (χ1n) is 10.3. The van der Waals surface area contributed by atoms with Crippen LogP contribution in [0.4, 0.5) is 5.69 Å². The number of nitrogens with two attached hydrogens (primary N) is 1. The van der Waals surface area contributed by atoms with Crippen molar-refractivity contribution >= 4 is 40.2 Å². The van der Waals surface area contributed by atoms with Crippen LogP contribution < -0.4 is 10.5 Å². The van der Waals surface area contributed by atoms with Gasteiger partial charge in [0.15, 0.2) is 5.78 Å². The molecule has 0 saturated heterocycles. The number of aromatic carboxylic acids is 1. The van der Waals surface area contributed by atoms with E-state index in [1.165, 1.54) is 13.0 Å². The van der Waals surface area contributed by atoms with Gasteiger partial charge in [0.2, 0.25) is 5.76 Å². The van der Waals surface area contributed by atoms with Gasteiger partial charge in [-0.3, -0.25) is 4.79 Å². The van der Waals surface area contributed by atoms with Crippen molar-refractivity contribution < 1.29 is 23.8 Å². The molecular weight excluding hydrogens is 414 g/mol. The third-order valence-electron chi connectivity index (χ3n) is 5.09. The maximum Gasteiger partial charge on any atom is 0.371 e. The van der Waals surface area contributed by atoms with Crippen LogP contribution >= 0.6 is 11.8 Å². The number of fused-ring (bicyclic) bond motifs is 1. The van der Waals surface area contributed by atoms with Crippen LogP contribution in [-0.2, 0) is 6.42 Å². The number of aryl methyl sites for hydroxylation is 1. The van der Waals surface area contributed by atoms with Gasteiger partial charge < -0.3 is 20.0 Å². The number of hydrogen-bond donors (Lipinski definition) is 2. The van der Waals surface area contributed by atoms with Crippen LogP contribution in [0.5, 0.6) is 5.75 Å². The van der Waals surface area contributed by atoms with Crippen molar-refractivity contribution in [1.29, 1.82) is 0 Å². The molecule has 6 nitrogen and oxygen atoms in total. The summed E-state index contributed by atoms with van der Waals surface area (Å²) in [6, 6.07) is 8.95. The lowest BCUT2D eigenvalue weighted by Gasteiger charge is -2.14. The van der Waals surface area contributed by atoms with E-state index >= 15 is 0 Å². The number of carboxylic acids is 1. The van der Waals surface area contributed by atoms with Crippen molar-refractivity contribution in [1.82, 2.24) is 0 Å². The van der Waals surface area contributed by atoms with E-state index in [1.807, 2.05) is 25.1 Å². The molecule has 0 unspecified atom stereocenters. The number of furan rings is 1. The first-order valence-corrected chi connectivity index (χ1v) is 11.3. The minimum absolute atomic E-state index is 0.0147. The molecule has 0 bridgehead atoms. The molecule has 164 valence electrons.